The molecule has 3 atom stereocenters. The maximum Gasteiger partial charge on any atom is 0.490 e. The van der Waals surface area contributed by atoms with Crippen molar-refractivity contribution in [3.8, 4) is 0 Å². The highest BCUT2D eigenvalue weighted by Crippen LogP contribution is 2.35. The van der Waals surface area contributed by atoms with Gasteiger partial charge in [0.05, 0.1) is 18.6 Å². The van der Waals surface area contributed by atoms with E-state index in [1.54, 1.807) is 11.3 Å². The zero-order valence-electron chi connectivity index (χ0n) is 15.0. The minimum Gasteiger partial charge on any atom is -0.475 e. The third kappa shape index (κ3) is 5.65. The number of ether oxygens (including phenoxy) is 1. The molecule has 3 heterocycles. The molecule has 0 bridgehead atoms. The minimum absolute atomic E-state index is 0.0758. The lowest BCUT2D eigenvalue weighted by molar-refractivity contribution is -0.192. The van der Waals surface area contributed by atoms with Crippen LogP contribution in [0, 0.1) is 11.8 Å². The summed E-state index contributed by atoms with van der Waals surface area (Å²) in [4.78, 5) is 28.1. The van der Waals surface area contributed by atoms with Crippen molar-refractivity contribution >= 4 is 23.2 Å². The van der Waals surface area contributed by atoms with E-state index in [0.29, 0.717) is 12.0 Å². The molecule has 7 nitrogen and oxygen atoms in total. The Hall–Kier alpha value is -1.72. The van der Waals surface area contributed by atoms with Gasteiger partial charge in [0.25, 0.3) is 0 Å². The van der Waals surface area contributed by atoms with Gasteiger partial charge >= 0.3 is 12.1 Å². The van der Waals surface area contributed by atoms with Crippen LogP contribution in [0.1, 0.15) is 24.3 Å². The second-order valence-electron chi connectivity index (χ2n) is 7.17. The van der Waals surface area contributed by atoms with Crippen LogP contribution in [0.5, 0.6) is 0 Å². The Bertz CT molecular complexity index is 682. The maximum absolute atomic E-state index is 12.5. The number of carbonyl (C=O) groups excluding carboxylic acids is 1. The number of likely N-dealkylation sites (tertiary alicyclic amines) is 1. The van der Waals surface area contributed by atoms with Gasteiger partial charge in [0.1, 0.15) is 5.01 Å². The fraction of sp³-hybridized carbons (Fsp3) is 0.706. The summed E-state index contributed by atoms with van der Waals surface area (Å²) in [6, 6.07) is 0.438. The average molecular weight is 421 g/mol. The van der Waals surface area contributed by atoms with Crippen molar-refractivity contribution in [1.82, 2.24) is 15.2 Å². The lowest BCUT2D eigenvalue weighted by Crippen LogP contribution is -2.52. The Morgan fingerprint density at radius 1 is 1.32 bits per heavy atom. The molecule has 0 unspecified atom stereocenters. The van der Waals surface area contributed by atoms with E-state index in [2.05, 4.69) is 15.2 Å². The summed E-state index contributed by atoms with van der Waals surface area (Å²) in [6.07, 6.45) is 0.292. The van der Waals surface area contributed by atoms with Gasteiger partial charge in [0, 0.05) is 43.2 Å². The van der Waals surface area contributed by atoms with E-state index >= 15 is 0 Å². The fourth-order valence-electron chi connectivity index (χ4n) is 3.52. The highest BCUT2D eigenvalue weighted by Gasteiger charge is 2.44. The SMILES string of the molecule is O=C(NC1CC1)[C@@H]1CN(Cc2nccs2)C[C@H]2OCC[C@H]21.O=C(O)C(F)(F)F. The summed E-state index contributed by atoms with van der Waals surface area (Å²) in [5, 5.41) is 13.4. The van der Waals surface area contributed by atoms with Gasteiger partial charge in [-0.2, -0.15) is 13.2 Å². The normalized spacial score (nSPS) is 27.5. The molecule has 0 radical (unpaired) electrons. The van der Waals surface area contributed by atoms with E-state index in [9.17, 15) is 18.0 Å². The Kier molecular flexibility index (Phi) is 6.56. The van der Waals surface area contributed by atoms with E-state index < -0.39 is 12.1 Å². The van der Waals surface area contributed by atoms with Crippen LogP contribution >= 0.6 is 11.3 Å². The number of carboxylic acid groups (broad SMARTS) is 1. The molecule has 2 aliphatic heterocycles. The van der Waals surface area contributed by atoms with Gasteiger partial charge in [-0.25, -0.2) is 9.78 Å². The van der Waals surface area contributed by atoms with Crippen molar-refractivity contribution in [2.24, 2.45) is 11.8 Å². The van der Waals surface area contributed by atoms with Gasteiger partial charge in [0.15, 0.2) is 0 Å². The Morgan fingerprint density at radius 2 is 2.04 bits per heavy atom. The summed E-state index contributed by atoms with van der Waals surface area (Å²) in [6.45, 7) is 3.39. The number of carbonyl (C=O) groups is 2. The number of nitrogens with zero attached hydrogens (tertiary/aromatic N) is 2. The van der Waals surface area contributed by atoms with Crippen LogP contribution < -0.4 is 5.32 Å². The first-order chi connectivity index (χ1) is 13.2. The third-order valence-corrected chi connectivity index (χ3v) is 5.78. The maximum atomic E-state index is 12.5. The number of piperidine rings is 1. The first-order valence-electron chi connectivity index (χ1n) is 9.07. The highest BCUT2D eigenvalue weighted by atomic mass is 32.1. The van der Waals surface area contributed by atoms with Crippen molar-refractivity contribution in [2.75, 3.05) is 19.7 Å². The topological polar surface area (TPSA) is 91.8 Å². The molecule has 2 N–H and O–H groups in total. The van der Waals surface area contributed by atoms with Crippen molar-refractivity contribution in [3.63, 3.8) is 0 Å². The molecule has 2 saturated heterocycles. The van der Waals surface area contributed by atoms with Gasteiger partial charge in [-0.1, -0.05) is 0 Å². The Balaban J connectivity index is 0.000000279. The van der Waals surface area contributed by atoms with Gasteiger partial charge < -0.3 is 15.2 Å². The molecule has 3 fully saturated rings. The number of thiazole rings is 1. The largest absolute Gasteiger partial charge is 0.490 e. The molecule has 0 spiro atoms. The fourth-order valence-corrected chi connectivity index (χ4v) is 4.18. The number of amides is 1. The molecule has 3 aliphatic rings. The lowest BCUT2D eigenvalue weighted by Gasteiger charge is -2.39. The molecule has 11 heteroatoms. The summed E-state index contributed by atoms with van der Waals surface area (Å²) in [7, 11) is 0. The summed E-state index contributed by atoms with van der Waals surface area (Å²) in [5.74, 6) is -2.04. The number of hydrogen-bond acceptors (Lipinski definition) is 6. The zero-order chi connectivity index (χ0) is 20.3. The van der Waals surface area contributed by atoms with Gasteiger partial charge in [0.2, 0.25) is 5.91 Å². The highest BCUT2D eigenvalue weighted by molar-refractivity contribution is 7.09. The molecule has 1 aromatic heterocycles. The van der Waals surface area contributed by atoms with E-state index in [4.69, 9.17) is 14.6 Å². The lowest BCUT2D eigenvalue weighted by atomic mass is 9.82. The number of aromatic nitrogens is 1. The van der Waals surface area contributed by atoms with E-state index in [0.717, 1.165) is 50.5 Å². The second-order valence-corrected chi connectivity index (χ2v) is 8.15. The molecule has 1 aromatic rings. The van der Waals surface area contributed by atoms with Crippen LogP contribution in [0.25, 0.3) is 0 Å². The average Bonchev–Trinajstić information content (AvgIpc) is 3.08. The number of carboxylic acids is 1. The molecule has 1 aliphatic carbocycles. The molecule has 28 heavy (non-hydrogen) atoms. The molecule has 1 saturated carbocycles. The molecule has 4 rings (SSSR count). The zero-order valence-corrected chi connectivity index (χ0v) is 15.8. The standard InChI is InChI=1S/C15H21N3O2S.C2HF3O2/c19-15(17-10-1-2-10)12-7-18(9-14-16-4-6-21-14)8-13-11(12)3-5-20-13;3-2(4,5)1(6)7/h4,6,10-13H,1-3,5,7-9H2,(H,17,19);(H,6,7)/t11-,12+,13+;/m0./s1. The predicted molar refractivity (Wildman–Crippen MR) is 93.6 cm³/mol. The first-order valence-corrected chi connectivity index (χ1v) is 9.95. The van der Waals surface area contributed by atoms with Crippen molar-refractivity contribution in [2.45, 2.75) is 44.1 Å². The van der Waals surface area contributed by atoms with Gasteiger partial charge in [-0.05, 0) is 19.3 Å². The third-order valence-electron chi connectivity index (χ3n) is 5.02. The van der Waals surface area contributed by atoms with Crippen molar-refractivity contribution in [1.29, 1.82) is 0 Å². The number of aliphatic carboxylic acids is 1. The van der Waals surface area contributed by atoms with Gasteiger partial charge in [-0.3, -0.25) is 9.69 Å². The summed E-state index contributed by atoms with van der Waals surface area (Å²) in [5.41, 5.74) is 0. The van der Waals surface area contributed by atoms with E-state index in [-0.39, 0.29) is 17.9 Å². The minimum atomic E-state index is -5.08. The quantitative estimate of drug-likeness (QED) is 0.772. The molecule has 1 amide bonds. The van der Waals surface area contributed by atoms with Crippen LogP contribution in [0.4, 0.5) is 13.2 Å². The summed E-state index contributed by atoms with van der Waals surface area (Å²) < 4.78 is 37.6. The number of nitrogens with one attached hydrogen (secondary N) is 1. The van der Waals surface area contributed by atoms with Gasteiger partial charge in [-0.15, -0.1) is 11.3 Å². The number of alkyl halides is 3. The Labute approximate surface area is 163 Å². The van der Waals surface area contributed by atoms with Crippen molar-refractivity contribution in [3.05, 3.63) is 16.6 Å². The van der Waals surface area contributed by atoms with Crippen LogP contribution in [0.2, 0.25) is 0 Å². The smallest absolute Gasteiger partial charge is 0.475 e. The summed E-state index contributed by atoms with van der Waals surface area (Å²) >= 11 is 1.68. The number of hydrogen-bond donors (Lipinski definition) is 2. The predicted octanol–water partition coefficient (Wildman–Crippen LogP) is 1.89. The first kappa shape index (κ1) is 21.0. The Morgan fingerprint density at radius 3 is 2.61 bits per heavy atom. The molecule has 0 aromatic carbocycles. The van der Waals surface area contributed by atoms with E-state index in [1.165, 1.54) is 0 Å². The van der Waals surface area contributed by atoms with Crippen LogP contribution in [-0.2, 0) is 20.9 Å². The molecular formula is C17H22F3N3O4S. The van der Waals surface area contributed by atoms with Crippen LogP contribution in [0.3, 0.4) is 0 Å². The van der Waals surface area contributed by atoms with E-state index in [1.807, 2.05) is 11.6 Å². The second kappa shape index (κ2) is 8.75. The molecular weight excluding hydrogens is 399 g/mol. The monoisotopic (exact) mass is 421 g/mol. The number of rotatable bonds is 4. The van der Waals surface area contributed by atoms with Crippen molar-refractivity contribution < 1.29 is 32.6 Å². The van der Waals surface area contributed by atoms with Crippen LogP contribution in [-0.4, -0.2) is 64.9 Å². The number of halogens is 3. The number of fused-ring (bicyclic) bond motifs is 1. The van der Waals surface area contributed by atoms with Crippen LogP contribution in [0.15, 0.2) is 11.6 Å². The molecule has 156 valence electrons.